The maximum absolute atomic E-state index is 10.5. The van der Waals surface area contributed by atoms with Gasteiger partial charge in [-0.1, -0.05) is 26.2 Å². The van der Waals surface area contributed by atoms with Gasteiger partial charge in [0.1, 0.15) is 0 Å². The Labute approximate surface area is 154 Å². The number of aliphatic hydroxyl groups is 1. The third-order valence-corrected chi connectivity index (χ3v) is 7.83. The average molecular weight is 350 g/mol. The van der Waals surface area contributed by atoms with E-state index in [0.29, 0.717) is 18.1 Å². The normalized spacial score (nSPS) is 39.2. The number of nitrogens with zero attached hydrogens (tertiary/aromatic N) is 1. The molecule has 1 atom stereocenters. The Morgan fingerprint density at radius 1 is 1.00 bits per heavy atom. The summed E-state index contributed by atoms with van der Waals surface area (Å²) in [5.41, 5.74) is 0.474. The van der Waals surface area contributed by atoms with Crippen molar-refractivity contribution in [2.45, 2.75) is 89.7 Å². The molecule has 5 aliphatic rings. The van der Waals surface area contributed by atoms with E-state index in [0.717, 1.165) is 37.5 Å². The van der Waals surface area contributed by atoms with Gasteiger partial charge in [-0.25, -0.2) is 0 Å². The van der Waals surface area contributed by atoms with Gasteiger partial charge in [0.05, 0.1) is 19.3 Å². The van der Waals surface area contributed by atoms with Crippen LogP contribution in [0.4, 0.5) is 0 Å². The van der Waals surface area contributed by atoms with Crippen molar-refractivity contribution >= 4 is 0 Å². The molecule has 0 aromatic rings. The second-order valence-electron chi connectivity index (χ2n) is 9.97. The lowest BCUT2D eigenvalue weighted by atomic mass is 9.50. The third kappa shape index (κ3) is 4.25. The highest BCUT2D eigenvalue weighted by atomic mass is 16.5. The van der Waals surface area contributed by atoms with E-state index in [9.17, 15) is 5.11 Å². The van der Waals surface area contributed by atoms with Crippen molar-refractivity contribution in [2.24, 2.45) is 23.2 Å². The second kappa shape index (κ2) is 7.86. The molecule has 5 rings (SSSR count). The standard InChI is InChI=1S/C22H39NO2/c1-2-23(20-6-4-3-5-7-20)14-21(24)15-25-16-22-11-17-8-18(12-22)10-19(9-17)13-22/h17-21,24H,2-16H2,1H3/t17?,18?,19?,21-,22?/m1/s1. The van der Waals surface area contributed by atoms with Gasteiger partial charge in [0.25, 0.3) is 0 Å². The topological polar surface area (TPSA) is 32.7 Å². The van der Waals surface area contributed by atoms with Crippen molar-refractivity contribution in [2.75, 3.05) is 26.3 Å². The molecule has 5 saturated carbocycles. The lowest BCUT2D eigenvalue weighted by Crippen LogP contribution is -2.48. The minimum atomic E-state index is -0.323. The molecule has 0 saturated heterocycles. The zero-order valence-electron chi connectivity index (χ0n) is 16.3. The van der Waals surface area contributed by atoms with Crippen molar-refractivity contribution in [3.8, 4) is 0 Å². The van der Waals surface area contributed by atoms with Crippen LogP contribution in [0.5, 0.6) is 0 Å². The molecular formula is C22H39NO2. The van der Waals surface area contributed by atoms with Gasteiger partial charge in [-0.2, -0.15) is 0 Å². The summed E-state index contributed by atoms with van der Waals surface area (Å²) < 4.78 is 6.14. The van der Waals surface area contributed by atoms with Crippen molar-refractivity contribution in [3.05, 3.63) is 0 Å². The predicted molar refractivity (Wildman–Crippen MR) is 102 cm³/mol. The lowest BCUT2D eigenvalue weighted by Gasteiger charge is -2.56. The fourth-order valence-electron chi connectivity index (χ4n) is 7.18. The highest BCUT2D eigenvalue weighted by molar-refractivity contribution is 5.01. The Morgan fingerprint density at radius 3 is 2.16 bits per heavy atom. The first kappa shape index (κ1) is 18.3. The van der Waals surface area contributed by atoms with Gasteiger partial charge in [0.2, 0.25) is 0 Å². The van der Waals surface area contributed by atoms with Gasteiger partial charge in [0, 0.05) is 12.6 Å². The Balaban J connectivity index is 1.21. The molecule has 0 aliphatic heterocycles. The van der Waals surface area contributed by atoms with Gasteiger partial charge in [-0.15, -0.1) is 0 Å². The molecule has 3 heteroatoms. The van der Waals surface area contributed by atoms with E-state index in [1.807, 2.05) is 0 Å². The maximum atomic E-state index is 10.5. The van der Waals surface area contributed by atoms with Crippen LogP contribution in [0.2, 0.25) is 0 Å². The summed E-state index contributed by atoms with van der Waals surface area (Å²) in [5.74, 6) is 2.96. The van der Waals surface area contributed by atoms with Gasteiger partial charge in [-0.3, -0.25) is 4.90 Å². The minimum Gasteiger partial charge on any atom is -0.389 e. The summed E-state index contributed by atoms with van der Waals surface area (Å²) in [6.45, 7) is 5.52. The van der Waals surface area contributed by atoms with Crippen molar-refractivity contribution < 1.29 is 9.84 Å². The van der Waals surface area contributed by atoms with Crippen LogP contribution >= 0.6 is 0 Å². The van der Waals surface area contributed by atoms with Gasteiger partial charge >= 0.3 is 0 Å². The molecule has 5 aliphatic carbocycles. The van der Waals surface area contributed by atoms with Gasteiger partial charge < -0.3 is 9.84 Å². The van der Waals surface area contributed by atoms with Gasteiger partial charge in [0.15, 0.2) is 0 Å². The molecule has 4 bridgehead atoms. The van der Waals surface area contributed by atoms with E-state index in [1.54, 1.807) is 0 Å². The molecule has 144 valence electrons. The van der Waals surface area contributed by atoms with E-state index in [2.05, 4.69) is 11.8 Å². The van der Waals surface area contributed by atoms with E-state index < -0.39 is 0 Å². The summed E-state index contributed by atoms with van der Waals surface area (Å²) in [4.78, 5) is 2.50. The Hall–Kier alpha value is -0.120. The monoisotopic (exact) mass is 349 g/mol. The van der Waals surface area contributed by atoms with Crippen LogP contribution in [-0.2, 0) is 4.74 Å². The fourth-order valence-corrected chi connectivity index (χ4v) is 7.18. The number of ether oxygens (including phenoxy) is 1. The van der Waals surface area contributed by atoms with Crippen molar-refractivity contribution in [1.29, 1.82) is 0 Å². The molecule has 0 spiro atoms. The number of likely N-dealkylation sites (N-methyl/N-ethyl adjacent to an activating group) is 1. The van der Waals surface area contributed by atoms with Crippen LogP contribution in [0.1, 0.15) is 77.6 Å². The van der Waals surface area contributed by atoms with E-state index in [4.69, 9.17) is 4.74 Å². The molecule has 0 aromatic carbocycles. The molecule has 0 radical (unpaired) electrons. The zero-order valence-corrected chi connectivity index (χ0v) is 16.3. The van der Waals surface area contributed by atoms with Crippen LogP contribution < -0.4 is 0 Å². The van der Waals surface area contributed by atoms with Crippen LogP contribution in [0.15, 0.2) is 0 Å². The molecule has 5 fully saturated rings. The third-order valence-electron chi connectivity index (χ3n) is 7.83. The molecule has 25 heavy (non-hydrogen) atoms. The summed E-state index contributed by atoms with van der Waals surface area (Å²) in [7, 11) is 0. The van der Waals surface area contributed by atoms with E-state index in [-0.39, 0.29) is 6.10 Å². The number of hydrogen-bond donors (Lipinski definition) is 1. The van der Waals surface area contributed by atoms with Crippen LogP contribution in [0.25, 0.3) is 0 Å². The number of aliphatic hydroxyl groups excluding tert-OH is 1. The van der Waals surface area contributed by atoms with E-state index in [1.165, 1.54) is 70.6 Å². The fraction of sp³-hybridized carbons (Fsp3) is 1.00. The largest absolute Gasteiger partial charge is 0.389 e. The first-order valence-electron chi connectivity index (χ1n) is 11.2. The highest BCUT2D eigenvalue weighted by Crippen LogP contribution is 2.60. The number of rotatable bonds is 8. The quantitative estimate of drug-likeness (QED) is 0.711. The summed E-state index contributed by atoms with van der Waals surface area (Å²) in [6, 6.07) is 0.691. The Bertz CT molecular complexity index is 396. The second-order valence-corrected chi connectivity index (χ2v) is 9.97. The molecule has 0 aromatic heterocycles. The van der Waals surface area contributed by atoms with Crippen LogP contribution in [0, 0.1) is 23.2 Å². The Kier molecular flexibility index (Phi) is 5.74. The summed E-state index contributed by atoms with van der Waals surface area (Å²) in [5, 5.41) is 10.5. The molecule has 0 heterocycles. The van der Waals surface area contributed by atoms with Crippen molar-refractivity contribution in [3.63, 3.8) is 0 Å². The van der Waals surface area contributed by atoms with Gasteiger partial charge in [-0.05, 0) is 81.1 Å². The SMILES string of the molecule is CCN(C[C@@H](O)COCC12CC3CC(CC(C3)C1)C2)C1CCCCC1. The zero-order chi connectivity index (χ0) is 17.3. The minimum absolute atomic E-state index is 0.323. The van der Waals surface area contributed by atoms with Crippen LogP contribution in [0.3, 0.4) is 0 Å². The first-order chi connectivity index (χ1) is 12.2. The molecule has 1 N–H and O–H groups in total. The maximum Gasteiger partial charge on any atom is 0.0900 e. The highest BCUT2D eigenvalue weighted by Gasteiger charge is 2.50. The average Bonchev–Trinajstić information content (AvgIpc) is 2.59. The molecular weight excluding hydrogens is 310 g/mol. The molecule has 3 nitrogen and oxygen atoms in total. The smallest absolute Gasteiger partial charge is 0.0900 e. The van der Waals surface area contributed by atoms with Crippen LogP contribution in [-0.4, -0.2) is 48.5 Å². The first-order valence-corrected chi connectivity index (χ1v) is 11.2. The summed E-state index contributed by atoms with van der Waals surface area (Å²) >= 11 is 0. The number of hydrogen-bond acceptors (Lipinski definition) is 3. The molecule has 0 unspecified atom stereocenters. The summed E-state index contributed by atoms with van der Waals surface area (Å²) in [6.07, 6.45) is 15.1. The lowest BCUT2D eigenvalue weighted by molar-refractivity contribution is -0.107. The Morgan fingerprint density at radius 2 is 1.60 bits per heavy atom. The van der Waals surface area contributed by atoms with E-state index >= 15 is 0 Å². The molecule has 0 amide bonds. The van der Waals surface area contributed by atoms with Crippen molar-refractivity contribution in [1.82, 2.24) is 4.90 Å². The predicted octanol–water partition coefficient (Wildman–Crippen LogP) is 4.23.